The average molecular weight is 325 g/mol. The Labute approximate surface area is 128 Å². The fraction of sp³-hybridized carbons (Fsp3) is 0.500. The van der Waals surface area contributed by atoms with Crippen LogP contribution in [0.5, 0.6) is 0 Å². The van der Waals surface area contributed by atoms with E-state index in [0.717, 1.165) is 18.6 Å². The third kappa shape index (κ3) is 6.35. The quantitative estimate of drug-likeness (QED) is 0.842. The van der Waals surface area contributed by atoms with Crippen molar-refractivity contribution in [3.63, 3.8) is 0 Å². The monoisotopic (exact) mass is 324 g/mol. The minimum atomic E-state index is -4.38. The number of nitrogens with one attached hydrogen (secondary N) is 1. The molecule has 21 heavy (non-hydrogen) atoms. The Hall–Kier alpha value is -1.27. The molecular weight excluding hydrogens is 305 g/mol. The van der Waals surface area contributed by atoms with Gasteiger partial charge >= 0.3 is 6.18 Å². The number of amides is 1. The number of benzene rings is 1. The summed E-state index contributed by atoms with van der Waals surface area (Å²) in [5.41, 5.74) is 5.05. The van der Waals surface area contributed by atoms with Crippen LogP contribution >= 0.6 is 12.4 Å². The highest BCUT2D eigenvalue weighted by Crippen LogP contribution is 2.31. The summed E-state index contributed by atoms with van der Waals surface area (Å²) >= 11 is 0. The van der Waals surface area contributed by atoms with Crippen molar-refractivity contribution >= 4 is 18.3 Å². The normalized spacial score (nSPS) is 12.4. The van der Waals surface area contributed by atoms with Gasteiger partial charge in [0.1, 0.15) is 0 Å². The molecule has 0 bridgehead atoms. The first-order valence-electron chi connectivity index (χ1n) is 6.55. The van der Waals surface area contributed by atoms with Crippen LogP contribution in [0.2, 0.25) is 0 Å². The fourth-order valence-corrected chi connectivity index (χ4v) is 1.94. The van der Waals surface area contributed by atoms with E-state index in [2.05, 4.69) is 5.32 Å². The van der Waals surface area contributed by atoms with Crippen LogP contribution in [0.4, 0.5) is 13.2 Å². The molecule has 1 unspecified atom stereocenters. The van der Waals surface area contributed by atoms with E-state index in [-0.39, 0.29) is 31.3 Å². The molecule has 1 amide bonds. The Balaban J connectivity index is 0.00000400. The van der Waals surface area contributed by atoms with Gasteiger partial charge in [-0.25, -0.2) is 0 Å². The van der Waals surface area contributed by atoms with Gasteiger partial charge in [0.25, 0.3) is 0 Å². The van der Waals surface area contributed by atoms with Crippen LogP contribution in [0.15, 0.2) is 24.3 Å². The summed E-state index contributed by atoms with van der Waals surface area (Å²) in [5, 5.41) is 2.73. The minimum Gasteiger partial charge on any atom is -0.349 e. The molecule has 120 valence electrons. The fourth-order valence-electron chi connectivity index (χ4n) is 1.94. The van der Waals surface area contributed by atoms with E-state index in [0.29, 0.717) is 12.0 Å². The van der Waals surface area contributed by atoms with Gasteiger partial charge < -0.3 is 11.1 Å². The molecule has 3 nitrogen and oxygen atoms in total. The number of carbonyl (C=O) groups excluding carboxylic acids is 1. The maximum atomic E-state index is 12.7. The van der Waals surface area contributed by atoms with Crippen molar-refractivity contribution in [2.24, 2.45) is 5.73 Å². The Morgan fingerprint density at radius 1 is 1.38 bits per heavy atom. The van der Waals surface area contributed by atoms with Gasteiger partial charge in [0, 0.05) is 13.0 Å². The molecule has 0 aliphatic heterocycles. The highest BCUT2D eigenvalue weighted by atomic mass is 35.5. The van der Waals surface area contributed by atoms with E-state index >= 15 is 0 Å². The first-order chi connectivity index (χ1) is 9.38. The van der Waals surface area contributed by atoms with E-state index in [1.165, 1.54) is 6.07 Å². The lowest BCUT2D eigenvalue weighted by Crippen LogP contribution is -2.30. The van der Waals surface area contributed by atoms with E-state index in [1.54, 1.807) is 6.07 Å². The van der Waals surface area contributed by atoms with Crippen LogP contribution in [0, 0.1) is 0 Å². The number of carbonyl (C=O) groups is 1. The number of halogens is 4. The van der Waals surface area contributed by atoms with E-state index in [1.807, 2.05) is 6.92 Å². The van der Waals surface area contributed by atoms with Crippen molar-refractivity contribution in [1.29, 1.82) is 0 Å². The summed E-state index contributed by atoms with van der Waals surface area (Å²) < 4.78 is 38.1. The van der Waals surface area contributed by atoms with Gasteiger partial charge in [0.05, 0.1) is 11.6 Å². The van der Waals surface area contributed by atoms with Crippen molar-refractivity contribution in [3.05, 3.63) is 35.4 Å². The summed E-state index contributed by atoms with van der Waals surface area (Å²) in [7, 11) is 0. The van der Waals surface area contributed by atoms with Crippen LogP contribution in [-0.4, -0.2) is 12.5 Å². The molecule has 0 saturated heterocycles. The molecule has 1 aromatic carbocycles. The van der Waals surface area contributed by atoms with Crippen molar-refractivity contribution in [3.8, 4) is 0 Å². The first kappa shape index (κ1) is 19.7. The lowest BCUT2D eigenvalue weighted by Gasteiger charge is -2.19. The number of hydrogen-bond acceptors (Lipinski definition) is 2. The van der Waals surface area contributed by atoms with Crippen molar-refractivity contribution in [1.82, 2.24) is 5.32 Å². The predicted octanol–water partition coefficient (Wildman–Crippen LogP) is 3.43. The largest absolute Gasteiger partial charge is 0.416 e. The van der Waals surface area contributed by atoms with Gasteiger partial charge in [-0.15, -0.1) is 12.4 Å². The topological polar surface area (TPSA) is 55.1 Å². The Kier molecular flexibility index (Phi) is 8.36. The van der Waals surface area contributed by atoms with Gasteiger partial charge in [0.15, 0.2) is 0 Å². The molecule has 0 spiro atoms. The summed E-state index contributed by atoms with van der Waals surface area (Å²) in [6.07, 6.45) is -2.88. The molecule has 3 N–H and O–H groups in total. The van der Waals surface area contributed by atoms with Gasteiger partial charge in [-0.05, 0) is 24.1 Å². The molecule has 1 atom stereocenters. The van der Waals surface area contributed by atoms with Gasteiger partial charge in [-0.3, -0.25) is 4.79 Å². The van der Waals surface area contributed by atoms with Gasteiger partial charge in [-0.1, -0.05) is 25.5 Å². The summed E-state index contributed by atoms with van der Waals surface area (Å²) in [4.78, 5) is 11.6. The van der Waals surface area contributed by atoms with E-state index in [4.69, 9.17) is 5.73 Å². The summed E-state index contributed by atoms with van der Waals surface area (Å²) in [5.74, 6) is -0.247. The molecule has 1 rings (SSSR count). The molecule has 1 aromatic rings. The zero-order chi connectivity index (χ0) is 15.2. The second-order valence-corrected chi connectivity index (χ2v) is 4.57. The molecule has 0 aliphatic rings. The first-order valence-corrected chi connectivity index (χ1v) is 6.55. The number of alkyl halides is 3. The Morgan fingerprint density at radius 3 is 2.57 bits per heavy atom. The number of rotatable bonds is 6. The van der Waals surface area contributed by atoms with Crippen LogP contribution < -0.4 is 11.1 Å². The third-order valence-corrected chi connectivity index (χ3v) is 2.90. The lowest BCUT2D eigenvalue weighted by atomic mass is 9.99. The molecule has 0 radical (unpaired) electrons. The van der Waals surface area contributed by atoms with Crippen molar-refractivity contribution in [2.45, 2.75) is 38.4 Å². The molecule has 0 heterocycles. The molecule has 7 heteroatoms. The second kappa shape index (κ2) is 8.89. The van der Waals surface area contributed by atoms with E-state index < -0.39 is 17.8 Å². The van der Waals surface area contributed by atoms with Gasteiger partial charge in [-0.2, -0.15) is 13.2 Å². The highest BCUT2D eigenvalue weighted by Gasteiger charge is 2.31. The van der Waals surface area contributed by atoms with Crippen LogP contribution in [0.25, 0.3) is 0 Å². The molecule has 0 aliphatic carbocycles. The standard InChI is InChI=1S/C14H19F3N2O.ClH/c1-2-4-12(19-13(20)7-8-18)10-5-3-6-11(9-10)14(15,16)17;/h3,5-6,9,12H,2,4,7-8,18H2,1H3,(H,19,20);1H. The molecule has 0 saturated carbocycles. The lowest BCUT2D eigenvalue weighted by molar-refractivity contribution is -0.137. The predicted molar refractivity (Wildman–Crippen MR) is 78.2 cm³/mol. The van der Waals surface area contributed by atoms with Gasteiger partial charge in [0.2, 0.25) is 5.91 Å². The zero-order valence-electron chi connectivity index (χ0n) is 11.7. The van der Waals surface area contributed by atoms with Crippen LogP contribution in [0.1, 0.15) is 43.4 Å². The SMILES string of the molecule is CCCC(NC(=O)CCN)c1cccc(C(F)(F)F)c1.Cl. The number of nitrogens with two attached hydrogens (primary N) is 1. The van der Waals surface area contributed by atoms with Crippen molar-refractivity contribution in [2.75, 3.05) is 6.54 Å². The molecular formula is C14H20ClF3N2O. The Morgan fingerprint density at radius 2 is 2.05 bits per heavy atom. The maximum absolute atomic E-state index is 12.7. The molecule has 0 aromatic heterocycles. The third-order valence-electron chi connectivity index (χ3n) is 2.90. The Bertz CT molecular complexity index is 452. The van der Waals surface area contributed by atoms with Crippen molar-refractivity contribution < 1.29 is 18.0 Å². The van der Waals surface area contributed by atoms with E-state index in [9.17, 15) is 18.0 Å². The highest BCUT2D eigenvalue weighted by molar-refractivity contribution is 5.85. The molecule has 0 fully saturated rings. The maximum Gasteiger partial charge on any atom is 0.416 e. The minimum absolute atomic E-state index is 0. The zero-order valence-corrected chi connectivity index (χ0v) is 12.6. The second-order valence-electron chi connectivity index (χ2n) is 4.57. The van der Waals surface area contributed by atoms with Crippen LogP contribution in [-0.2, 0) is 11.0 Å². The summed E-state index contributed by atoms with van der Waals surface area (Å²) in [6.45, 7) is 2.13. The summed E-state index contributed by atoms with van der Waals surface area (Å²) in [6, 6.07) is 4.65. The number of hydrogen-bond donors (Lipinski definition) is 2. The average Bonchev–Trinajstić information content (AvgIpc) is 2.38. The smallest absolute Gasteiger partial charge is 0.349 e. The van der Waals surface area contributed by atoms with Crippen LogP contribution in [0.3, 0.4) is 0 Å².